The molecule has 1 fully saturated rings. The summed E-state index contributed by atoms with van der Waals surface area (Å²) in [6.07, 6.45) is 7.17. The number of nitrogens with one attached hydrogen (secondary N) is 3. The lowest BCUT2D eigenvalue weighted by atomic mass is 9.87. The molecule has 0 unspecified atom stereocenters. The molecule has 0 aliphatic heterocycles. The summed E-state index contributed by atoms with van der Waals surface area (Å²) >= 11 is 12.3. The Labute approximate surface area is 190 Å². The van der Waals surface area contributed by atoms with Crippen molar-refractivity contribution < 1.29 is 9.53 Å². The first-order valence-corrected chi connectivity index (χ1v) is 11.1. The lowest BCUT2D eigenvalue weighted by Gasteiger charge is -2.27. The largest absolute Gasteiger partial charge is 0.477 e. The molecular formula is C21H24Cl2N6O2. The lowest BCUT2D eigenvalue weighted by molar-refractivity contribution is 0.0918. The van der Waals surface area contributed by atoms with Gasteiger partial charge in [-0.15, -0.1) is 0 Å². The molecule has 3 heterocycles. The smallest absolute Gasteiger partial charge is 0.257 e. The molecule has 0 spiro atoms. The van der Waals surface area contributed by atoms with Crippen molar-refractivity contribution in [3.63, 3.8) is 0 Å². The van der Waals surface area contributed by atoms with Gasteiger partial charge in [-0.2, -0.15) is 4.98 Å². The van der Waals surface area contributed by atoms with E-state index >= 15 is 0 Å². The first-order chi connectivity index (χ1) is 14.9. The number of hydrogen-bond acceptors (Lipinski definition) is 6. The molecule has 0 atom stereocenters. The van der Waals surface area contributed by atoms with Crippen LogP contribution in [0.4, 0.5) is 11.6 Å². The van der Waals surface area contributed by atoms with Crippen LogP contribution in [0.5, 0.6) is 5.88 Å². The number of hydrogen-bond donors (Lipinski definition) is 3. The Bertz CT molecular complexity index is 1070. The highest BCUT2D eigenvalue weighted by molar-refractivity contribution is 6.39. The first-order valence-electron chi connectivity index (χ1n) is 10.3. The summed E-state index contributed by atoms with van der Waals surface area (Å²) in [4.78, 5) is 29.0. The van der Waals surface area contributed by atoms with Crippen molar-refractivity contribution >= 4 is 51.9 Å². The zero-order valence-corrected chi connectivity index (χ0v) is 18.8. The number of pyridine rings is 2. The van der Waals surface area contributed by atoms with Gasteiger partial charge in [0.05, 0.1) is 22.3 Å². The van der Waals surface area contributed by atoms with Crippen LogP contribution in [0.3, 0.4) is 0 Å². The van der Waals surface area contributed by atoms with Gasteiger partial charge in [0.1, 0.15) is 11.1 Å². The number of aromatic nitrogens is 4. The molecule has 1 amide bonds. The van der Waals surface area contributed by atoms with E-state index in [0.29, 0.717) is 50.9 Å². The fourth-order valence-electron chi connectivity index (χ4n) is 3.71. The molecule has 0 saturated heterocycles. The van der Waals surface area contributed by atoms with Gasteiger partial charge in [-0.1, -0.05) is 30.1 Å². The van der Waals surface area contributed by atoms with Crippen LogP contribution in [0, 0.1) is 5.92 Å². The summed E-state index contributed by atoms with van der Waals surface area (Å²) < 4.78 is 5.65. The second-order valence-corrected chi connectivity index (χ2v) is 8.58. The molecular weight excluding hydrogens is 439 g/mol. The Morgan fingerprint density at radius 1 is 1.19 bits per heavy atom. The van der Waals surface area contributed by atoms with Crippen LogP contribution in [-0.4, -0.2) is 38.5 Å². The number of aromatic amines is 1. The normalized spacial score (nSPS) is 18.7. The van der Waals surface area contributed by atoms with Crippen LogP contribution in [0.25, 0.3) is 11.2 Å². The van der Waals surface area contributed by atoms with Crippen molar-refractivity contribution in [2.75, 3.05) is 11.9 Å². The fraction of sp³-hybridized carbons (Fsp3) is 0.429. The number of nitrogens with zero attached hydrogens (tertiary/aromatic N) is 3. The highest BCUT2D eigenvalue weighted by Gasteiger charge is 2.23. The Kier molecular flexibility index (Phi) is 6.48. The first kappa shape index (κ1) is 21.6. The minimum Gasteiger partial charge on any atom is -0.477 e. The standard InChI is InChI=1S/C21H24Cl2N6O2/c1-3-31-20-13(19(30)25-12-6-4-11(2)5-7-12)8-16-18(28-20)29-21(26-16)27-17-14(22)9-24-10-15(17)23/h8-12H,3-7H2,1-2H3,(H,25,30)(H2,24,26,27,28,29)/t11-,12-. The monoisotopic (exact) mass is 462 g/mol. The van der Waals surface area contributed by atoms with E-state index in [4.69, 9.17) is 27.9 Å². The Balaban J connectivity index is 1.61. The second kappa shape index (κ2) is 9.28. The highest BCUT2D eigenvalue weighted by atomic mass is 35.5. The molecule has 8 nitrogen and oxygen atoms in total. The fourth-order valence-corrected chi connectivity index (χ4v) is 4.17. The Morgan fingerprint density at radius 3 is 2.58 bits per heavy atom. The number of anilines is 2. The molecule has 31 heavy (non-hydrogen) atoms. The van der Waals surface area contributed by atoms with Crippen molar-refractivity contribution in [3.8, 4) is 5.88 Å². The van der Waals surface area contributed by atoms with Gasteiger partial charge >= 0.3 is 0 Å². The molecule has 10 heteroatoms. The van der Waals surface area contributed by atoms with Crippen LogP contribution in [0.15, 0.2) is 18.5 Å². The number of halogens is 2. The number of fused-ring (bicyclic) bond motifs is 1. The average molecular weight is 463 g/mol. The van der Waals surface area contributed by atoms with Crippen molar-refractivity contribution in [1.29, 1.82) is 0 Å². The van der Waals surface area contributed by atoms with E-state index in [-0.39, 0.29) is 17.8 Å². The van der Waals surface area contributed by atoms with E-state index in [2.05, 4.69) is 37.5 Å². The van der Waals surface area contributed by atoms with Crippen molar-refractivity contribution in [1.82, 2.24) is 25.3 Å². The van der Waals surface area contributed by atoms with Crippen LogP contribution in [-0.2, 0) is 0 Å². The lowest BCUT2D eigenvalue weighted by Crippen LogP contribution is -2.37. The van der Waals surface area contributed by atoms with Crippen molar-refractivity contribution in [2.45, 2.75) is 45.6 Å². The summed E-state index contributed by atoms with van der Waals surface area (Å²) in [6, 6.07) is 1.85. The van der Waals surface area contributed by atoms with Crippen LogP contribution >= 0.6 is 23.2 Å². The molecule has 0 aromatic carbocycles. The third-order valence-corrected chi connectivity index (χ3v) is 5.98. The van der Waals surface area contributed by atoms with Gasteiger partial charge in [0.25, 0.3) is 5.91 Å². The summed E-state index contributed by atoms with van der Waals surface area (Å²) in [7, 11) is 0. The van der Waals surface area contributed by atoms with E-state index in [1.165, 1.54) is 12.4 Å². The minimum atomic E-state index is -0.199. The number of carbonyl (C=O) groups excluding carboxylic acids is 1. The van der Waals surface area contributed by atoms with Gasteiger partial charge in [-0.3, -0.25) is 9.78 Å². The SMILES string of the molecule is CCOc1nc2[nH]c(Nc3c(Cl)cncc3Cl)nc2cc1C(=O)N[C@H]1CC[C@H](C)CC1. The highest BCUT2D eigenvalue weighted by Crippen LogP contribution is 2.32. The van der Waals surface area contributed by atoms with Gasteiger partial charge in [0.15, 0.2) is 5.65 Å². The van der Waals surface area contributed by atoms with Crippen LogP contribution < -0.4 is 15.4 Å². The summed E-state index contributed by atoms with van der Waals surface area (Å²) in [5.41, 5.74) is 1.85. The molecule has 1 saturated carbocycles. The van der Waals surface area contributed by atoms with Crippen LogP contribution in [0.1, 0.15) is 49.9 Å². The summed E-state index contributed by atoms with van der Waals surface area (Å²) in [5.74, 6) is 1.17. The van der Waals surface area contributed by atoms with Gasteiger partial charge in [0, 0.05) is 18.4 Å². The van der Waals surface area contributed by atoms with E-state index in [1.54, 1.807) is 6.07 Å². The third-order valence-electron chi connectivity index (χ3n) is 5.41. The maximum atomic E-state index is 13.0. The number of H-pyrrole nitrogens is 1. The van der Waals surface area contributed by atoms with E-state index in [0.717, 1.165) is 25.7 Å². The topological polar surface area (TPSA) is 105 Å². The van der Waals surface area contributed by atoms with Gasteiger partial charge in [-0.05, 0) is 44.6 Å². The van der Waals surface area contributed by atoms with Crippen molar-refractivity contribution in [2.24, 2.45) is 5.92 Å². The minimum absolute atomic E-state index is 0.168. The van der Waals surface area contributed by atoms with Gasteiger partial charge in [-0.25, -0.2) is 4.98 Å². The average Bonchev–Trinajstić information content (AvgIpc) is 3.13. The Hall–Kier alpha value is -2.58. The number of amides is 1. The second-order valence-electron chi connectivity index (χ2n) is 7.76. The molecule has 3 N–H and O–H groups in total. The summed E-state index contributed by atoms with van der Waals surface area (Å²) in [5, 5.41) is 6.89. The van der Waals surface area contributed by atoms with E-state index in [9.17, 15) is 4.79 Å². The maximum absolute atomic E-state index is 13.0. The molecule has 3 aromatic rings. The van der Waals surface area contributed by atoms with E-state index < -0.39 is 0 Å². The molecule has 3 aromatic heterocycles. The molecule has 4 rings (SSSR count). The van der Waals surface area contributed by atoms with E-state index in [1.807, 2.05) is 6.92 Å². The number of ether oxygens (including phenoxy) is 1. The molecule has 1 aliphatic carbocycles. The van der Waals surface area contributed by atoms with Crippen LogP contribution in [0.2, 0.25) is 10.0 Å². The Morgan fingerprint density at radius 2 is 1.90 bits per heavy atom. The van der Waals surface area contributed by atoms with Gasteiger partial charge < -0.3 is 20.4 Å². The van der Waals surface area contributed by atoms with Crippen molar-refractivity contribution in [3.05, 3.63) is 34.1 Å². The predicted octanol–water partition coefficient (Wildman–Crippen LogP) is 5.11. The third kappa shape index (κ3) is 4.85. The molecule has 164 valence electrons. The molecule has 0 radical (unpaired) electrons. The quantitative estimate of drug-likeness (QED) is 0.469. The number of carbonyl (C=O) groups is 1. The maximum Gasteiger partial charge on any atom is 0.257 e. The zero-order valence-electron chi connectivity index (χ0n) is 17.3. The van der Waals surface area contributed by atoms with Gasteiger partial charge in [0.2, 0.25) is 11.8 Å². The molecule has 1 aliphatic rings. The predicted molar refractivity (Wildman–Crippen MR) is 121 cm³/mol. The zero-order chi connectivity index (χ0) is 22.0. The summed E-state index contributed by atoms with van der Waals surface area (Å²) in [6.45, 7) is 4.49. The number of imidazole rings is 1. The number of rotatable bonds is 6. The molecule has 0 bridgehead atoms.